The molecule has 9 rings (SSSR count). The van der Waals surface area contributed by atoms with Gasteiger partial charge in [-0.05, 0) is 86.6 Å². The lowest BCUT2D eigenvalue weighted by atomic mass is 9.39. The average Bonchev–Trinajstić information content (AvgIpc) is 3.58. The number of aromatic nitrogens is 3. The zero-order chi connectivity index (χ0) is 32.4. The molecule has 4 saturated carbocycles. The van der Waals surface area contributed by atoms with Crippen molar-refractivity contribution in [2.45, 2.75) is 114 Å². The first kappa shape index (κ1) is 31.1. The van der Waals surface area contributed by atoms with Crippen LogP contribution in [0.3, 0.4) is 0 Å². The predicted octanol–water partition coefficient (Wildman–Crippen LogP) is 7.85. The number of fused-ring (bicyclic) bond motifs is 2. The molecule has 248 valence electrons. The number of nitrogens with zero attached hydrogens (tertiary/aromatic N) is 5. The fourth-order valence-corrected chi connectivity index (χ4v) is 10.3. The van der Waals surface area contributed by atoms with Crippen LogP contribution in [0.15, 0.2) is 30.6 Å². The lowest BCUT2D eigenvalue weighted by molar-refractivity contribution is -0.169. The molecule has 47 heavy (non-hydrogen) atoms. The van der Waals surface area contributed by atoms with Crippen molar-refractivity contribution >= 4 is 38.3 Å². The fourth-order valence-electron chi connectivity index (χ4n) is 9.26. The highest BCUT2D eigenvalue weighted by atomic mass is 32.1. The fraction of sp³-hybridized carbons (Fsp3) is 0.583. The summed E-state index contributed by atoms with van der Waals surface area (Å²) in [5.41, 5.74) is 5.17. The Balaban J connectivity index is 0.894. The van der Waals surface area contributed by atoms with E-state index < -0.39 is 12.6 Å². The second-order valence-corrected chi connectivity index (χ2v) is 16.1. The maximum Gasteiger partial charge on any atom is 0.393 e. The molecule has 0 spiro atoms. The van der Waals surface area contributed by atoms with Crippen molar-refractivity contribution in [2.24, 2.45) is 5.41 Å². The minimum atomic E-state index is -4.25. The highest BCUT2D eigenvalue weighted by Gasteiger charge is 2.67. The third kappa shape index (κ3) is 6.02. The maximum absolute atomic E-state index is 13.0. The molecule has 4 aromatic rings. The summed E-state index contributed by atoms with van der Waals surface area (Å²) >= 11 is 1.08. The van der Waals surface area contributed by atoms with E-state index in [1.807, 2.05) is 0 Å². The second-order valence-electron chi connectivity index (χ2n) is 14.9. The van der Waals surface area contributed by atoms with Crippen molar-refractivity contribution in [3.8, 4) is 6.07 Å². The highest BCUT2D eigenvalue weighted by molar-refractivity contribution is 7.18. The summed E-state index contributed by atoms with van der Waals surface area (Å²) in [6, 6.07) is 11.5. The topological polar surface area (TPSA) is 81.8 Å². The molecule has 0 unspecified atom stereocenters. The zero-order valence-electron chi connectivity index (χ0n) is 26.9. The molecule has 0 amide bonds. The Morgan fingerprint density at radius 1 is 1.00 bits per heavy atom. The molecule has 7 nitrogen and oxygen atoms in total. The van der Waals surface area contributed by atoms with Gasteiger partial charge in [0.1, 0.15) is 28.7 Å². The molecule has 4 aliphatic carbocycles. The minimum Gasteiger partial charge on any atom is -0.367 e. The summed E-state index contributed by atoms with van der Waals surface area (Å²) in [5.74, 6) is 0.617. The van der Waals surface area contributed by atoms with E-state index in [1.165, 1.54) is 79.7 Å². The van der Waals surface area contributed by atoms with Gasteiger partial charge in [-0.15, -0.1) is 11.3 Å². The number of hydrogen-bond acceptors (Lipinski definition) is 7. The molecule has 1 aliphatic heterocycles. The van der Waals surface area contributed by atoms with Gasteiger partial charge in [0.2, 0.25) is 0 Å². The number of nitriles is 1. The van der Waals surface area contributed by atoms with E-state index in [4.69, 9.17) is 0 Å². The Morgan fingerprint density at radius 2 is 1.77 bits per heavy atom. The number of hydrogen-bond donors (Lipinski definition) is 2. The Kier molecular flexibility index (Phi) is 7.77. The van der Waals surface area contributed by atoms with Crippen LogP contribution in [-0.4, -0.2) is 56.3 Å². The summed E-state index contributed by atoms with van der Waals surface area (Å²) in [4.78, 5) is 11.9. The molecule has 11 heteroatoms. The predicted molar refractivity (Wildman–Crippen MR) is 180 cm³/mol. The van der Waals surface area contributed by atoms with E-state index in [-0.39, 0.29) is 10.9 Å². The first-order valence-corrected chi connectivity index (χ1v) is 18.0. The van der Waals surface area contributed by atoms with Crippen LogP contribution < -0.4 is 10.6 Å². The summed E-state index contributed by atoms with van der Waals surface area (Å²) in [5, 5.41) is 19.5. The number of rotatable bonds is 9. The van der Waals surface area contributed by atoms with Gasteiger partial charge in [0.15, 0.2) is 0 Å². The summed E-state index contributed by atoms with van der Waals surface area (Å²) in [6.07, 6.45) is 8.53. The van der Waals surface area contributed by atoms with E-state index >= 15 is 0 Å². The van der Waals surface area contributed by atoms with E-state index in [9.17, 15) is 18.4 Å². The highest BCUT2D eigenvalue weighted by Crippen LogP contribution is 2.68. The lowest BCUT2D eigenvalue weighted by Crippen LogP contribution is -2.76. The van der Waals surface area contributed by atoms with Gasteiger partial charge in [0, 0.05) is 59.6 Å². The van der Waals surface area contributed by atoms with Crippen molar-refractivity contribution < 1.29 is 13.2 Å². The molecular formula is C36H42F3N7S. The molecule has 2 N–H and O–H groups in total. The lowest BCUT2D eigenvalue weighted by Gasteiger charge is -2.72. The molecular weight excluding hydrogens is 620 g/mol. The molecule has 1 aromatic carbocycles. The van der Waals surface area contributed by atoms with Gasteiger partial charge in [-0.1, -0.05) is 25.3 Å². The quantitative estimate of drug-likeness (QED) is 0.190. The molecule has 0 radical (unpaired) electrons. The van der Waals surface area contributed by atoms with E-state index in [1.54, 1.807) is 6.07 Å². The van der Waals surface area contributed by atoms with Crippen LogP contribution in [0.1, 0.15) is 85.9 Å². The maximum atomic E-state index is 13.0. The van der Waals surface area contributed by atoms with Crippen LogP contribution in [0.2, 0.25) is 0 Å². The number of thiophene rings is 1. The Hall–Kier alpha value is -3.20. The Bertz CT molecular complexity index is 1820. The number of nitrogens with one attached hydrogen (secondary N) is 2. The monoisotopic (exact) mass is 661 g/mol. The third-order valence-corrected chi connectivity index (χ3v) is 12.5. The molecule has 3 aromatic heterocycles. The van der Waals surface area contributed by atoms with Crippen molar-refractivity contribution in [1.29, 1.82) is 5.26 Å². The molecule has 4 heterocycles. The van der Waals surface area contributed by atoms with Gasteiger partial charge in [-0.25, -0.2) is 9.97 Å². The van der Waals surface area contributed by atoms with Crippen molar-refractivity contribution in [3.63, 3.8) is 0 Å². The Morgan fingerprint density at radius 3 is 2.49 bits per heavy atom. The SMILES string of the molecule is Cc1c(CN2CCC(Nc3ncnc4sc(CC(F)(F)F)cc34)CC2)ccc2c1cc(C#N)n2CC12CC(NC3CCCCC3)(C1)C2. The van der Waals surface area contributed by atoms with Gasteiger partial charge >= 0.3 is 6.18 Å². The Labute approximate surface area is 277 Å². The normalized spacial score (nSPS) is 25.5. The third-order valence-electron chi connectivity index (χ3n) is 11.4. The summed E-state index contributed by atoms with van der Waals surface area (Å²) < 4.78 is 41.2. The van der Waals surface area contributed by atoms with Gasteiger partial charge in [-0.2, -0.15) is 18.4 Å². The van der Waals surface area contributed by atoms with E-state index in [0.717, 1.165) is 56.1 Å². The number of likely N-dealkylation sites (tertiary alicyclic amines) is 1. The van der Waals surface area contributed by atoms with E-state index in [0.29, 0.717) is 33.0 Å². The van der Waals surface area contributed by atoms with Crippen LogP contribution in [-0.2, 0) is 19.5 Å². The number of halogens is 3. The molecule has 5 fully saturated rings. The largest absolute Gasteiger partial charge is 0.393 e. The molecule has 0 atom stereocenters. The number of anilines is 1. The van der Waals surface area contributed by atoms with Crippen LogP contribution >= 0.6 is 11.3 Å². The van der Waals surface area contributed by atoms with Crippen molar-refractivity contribution in [3.05, 3.63) is 52.3 Å². The first-order chi connectivity index (χ1) is 22.6. The molecule has 5 aliphatic rings. The second kappa shape index (κ2) is 11.7. The standard InChI is InChI=1S/C36H42F3N7S/c1-23-24(17-45-11-9-25(10-12-45)43-32-30-14-28(15-36(37,38)39)47-33(30)42-22-41-32)7-8-31-29(23)13-27(16-40)46(31)21-34-18-35(19-34,20-34)44-26-5-3-2-4-6-26/h7-8,13-14,22,25-26,44H,2-6,9-12,15,17-21H2,1H3,(H,41,42,43). The first-order valence-electron chi connectivity index (χ1n) is 17.2. The van der Waals surface area contributed by atoms with Gasteiger partial charge in [-0.3, -0.25) is 4.90 Å². The van der Waals surface area contributed by atoms with Gasteiger partial charge in [0.05, 0.1) is 11.8 Å². The van der Waals surface area contributed by atoms with Crippen molar-refractivity contribution in [2.75, 3.05) is 18.4 Å². The van der Waals surface area contributed by atoms with Crippen LogP contribution in [0.25, 0.3) is 21.1 Å². The van der Waals surface area contributed by atoms with Crippen LogP contribution in [0, 0.1) is 23.7 Å². The molecule has 1 saturated heterocycles. The number of benzene rings is 1. The van der Waals surface area contributed by atoms with Gasteiger partial charge < -0.3 is 15.2 Å². The number of piperidine rings is 1. The van der Waals surface area contributed by atoms with Crippen molar-refractivity contribution in [1.82, 2.24) is 24.8 Å². The van der Waals surface area contributed by atoms with Crippen LogP contribution in [0.4, 0.5) is 19.0 Å². The summed E-state index contributed by atoms with van der Waals surface area (Å²) in [7, 11) is 0. The van der Waals surface area contributed by atoms with E-state index in [2.05, 4.69) is 61.3 Å². The summed E-state index contributed by atoms with van der Waals surface area (Å²) in [6.45, 7) is 5.80. The van der Waals surface area contributed by atoms with Gasteiger partial charge in [0.25, 0.3) is 0 Å². The number of alkyl halides is 3. The number of aryl methyl sites for hydroxylation is 1. The minimum absolute atomic E-state index is 0.195. The van der Waals surface area contributed by atoms with Crippen LogP contribution in [0.5, 0.6) is 0 Å². The molecule has 2 bridgehead atoms. The zero-order valence-corrected chi connectivity index (χ0v) is 27.7. The smallest absolute Gasteiger partial charge is 0.367 e. The average molecular weight is 662 g/mol.